The summed E-state index contributed by atoms with van der Waals surface area (Å²) in [6.07, 6.45) is 0. The summed E-state index contributed by atoms with van der Waals surface area (Å²) in [6.45, 7) is 8.34. The Morgan fingerprint density at radius 3 is 2.60 bits per heavy atom. The molecule has 1 aromatic carbocycles. The van der Waals surface area contributed by atoms with Gasteiger partial charge in [0.15, 0.2) is 11.5 Å². The predicted molar refractivity (Wildman–Crippen MR) is 96.5 cm³/mol. The second-order valence-corrected chi connectivity index (χ2v) is 6.66. The van der Waals surface area contributed by atoms with Crippen LogP contribution in [-0.2, 0) is 13.6 Å². The minimum Gasteiger partial charge on any atom is -0.486 e. The molecule has 0 bridgehead atoms. The lowest BCUT2D eigenvalue weighted by Gasteiger charge is -2.21. The number of aromatic nitrogens is 2. The molecule has 136 valence electrons. The zero-order valence-corrected chi connectivity index (χ0v) is 15.6. The van der Waals surface area contributed by atoms with Crippen molar-refractivity contribution in [2.45, 2.75) is 39.3 Å². The van der Waals surface area contributed by atoms with Crippen LogP contribution in [0.15, 0.2) is 18.2 Å². The van der Waals surface area contributed by atoms with Crippen LogP contribution in [0.25, 0.3) is 0 Å². The van der Waals surface area contributed by atoms with Gasteiger partial charge in [0.2, 0.25) is 5.88 Å². The zero-order chi connectivity index (χ0) is 18.0. The number of nitrogens with zero attached hydrogens (tertiary/aromatic N) is 2. The second kappa shape index (κ2) is 7.35. The highest BCUT2D eigenvalue weighted by atomic mass is 16.6. The Kier molecular flexibility index (Phi) is 5.18. The summed E-state index contributed by atoms with van der Waals surface area (Å²) >= 11 is 0. The maximum Gasteiger partial charge on any atom is 0.216 e. The Hall–Kier alpha value is -2.21. The van der Waals surface area contributed by atoms with Crippen LogP contribution in [-0.4, -0.2) is 30.1 Å². The lowest BCUT2D eigenvalue weighted by molar-refractivity contribution is 0.171. The Morgan fingerprint density at radius 1 is 1.20 bits per heavy atom. The normalized spacial score (nSPS) is 14.6. The largest absolute Gasteiger partial charge is 0.486 e. The molecule has 0 radical (unpaired) electrons. The topological polar surface area (TPSA) is 57.5 Å². The molecule has 0 saturated carbocycles. The van der Waals surface area contributed by atoms with Gasteiger partial charge in [0.25, 0.3) is 0 Å². The van der Waals surface area contributed by atoms with Gasteiger partial charge in [-0.25, -0.2) is 4.68 Å². The van der Waals surface area contributed by atoms with Crippen molar-refractivity contribution in [3.8, 4) is 17.4 Å². The van der Waals surface area contributed by atoms with Crippen molar-refractivity contribution in [2.75, 3.05) is 20.3 Å². The molecule has 1 aliphatic rings. The van der Waals surface area contributed by atoms with Gasteiger partial charge in [0, 0.05) is 19.6 Å². The molecule has 6 heteroatoms. The number of rotatable bonds is 6. The fraction of sp³-hybridized carbons (Fsp3) is 0.526. The third-order valence-electron chi connectivity index (χ3n) is 4.51. The van der Waals surface area contributed by atoms with Crippen LogP contribution in [0.3, 0.4) is 0 Å². The fourth-order valence-corrected chi connectivity index (χ4v) is 3.16. The molecule has 1 aromatic heterocycles. The van der Waals surface area contributed by atoms with E-state index in [4.69, 9.17) is 14.2 Å². The van der Waals surface area contributed by atoms with Crippen LogP contribution in [0.5, 0.6) is 17.4 Å². The van der Waals surface area contributed by atoms with Crippen LogP contribution < -0.4 is 19.5 Å². The molecule has 2 aromatic rings. The molecule has 1 aliphatic heterocycles. The zero-order valence-electron chi connectivity index (χ0n) is 15.6. The van der Waals surface area contributed by atoms with Crippen molar-refractivity contribution in [1.29, 1.82) is 0 Å². The van der Waals surface area contributed by atoms with Gasteiger partial charge in [-0.15, -0.1) is 0 Å². The number of nitrogens with one attached hydrogen (secondary N) is 1. The van der Waals surface area contributed by atoms with E-state index in [9.17, 15) is 0 Å². The Bertz CT molecular complexity index is 740. The number of methoxy groups -OCH3 is 1. The van der Waals surface area contributed by atoms with E-state index in [0.717, 1.165) is 28.6 Å². The van der Waals surface area contributed by atoms with Crippen molar-refractivity contribution in [3.63, 3.8) is 0 Å². The molecular weight excluding hydrogens is 318 g/mol. The fourth-order valence-electron chi connectivity index (χ4n) is 3.16. The van der Waals surface area contributed by atoms with E-state index in [2.05, 4.69) is 43.3 Å². The lowest BCUT2D eigenvalue weighted by Crippen LogP contribution is -2.20. The first-order valence-electron chi connectivity index (χ1n) is 8.74. The van der Waals surface area contributed by atoms with E-state index in [1.807, 2.05) is 13.1 Å². The molecule has 1 atom stereocenters. The molecule has 6 nitrogen and oxygen atoms in total. The minimum atomic E-state index is 0.167. The van der Waals surface area contributed by atoms with Gasteiger partial charge >= 0.3 is 0 Å². The van der Waals surface area contributed by atoms with Crippen LogP contribution >= 0.6 is 0 Å². The van der Waals surface area contributed by atoms with Gasteiger partial charge in [-0.05, 0) is 30.5 Å². The number of hydrogen-bond donors (Lipinski definition) is 1. The van der Waals surface area contributed by atoms with E-state index in [1.54, 1.807) is 11.8 Å². The summed E-state index contributed by atoms with van der Waals surface area (Å²) in [4.78, 5) is 0. The van der Waals surface area contributed by atoms with Crippen LogP contribution in [0.1, 0.15) is 49.6 Å². The number of ether oxygens (including phenoxy) is 3. The maximum absolute atomic E-state index is 5.68. The lowest BCUT2D eigenvalue weighted by atomic mass is 10.0. The highest BCUT2D eigenvalue weighted by molar-refractivity contribution is 5.44. The van der Waals surface area contributed by atoms with Gasteiger partial charge < -0.3 is 19.5 Å². The van der Waals surface area contributed by atoms with E-state index in [0.29, 0.717) is 25.7 Å². The first kappa shape index (κ1) is 17.6. The summed E-state index contributed by atoms with van der Waals surface area (Å²) in [7, 11) is 3.60. The quantitative estimate of drug-likeness (QED) is 0.871. The summed E-state index contributed by atoms with van der Waals surface area (Å²) < 4.78 is 18.6. The minimum absolute atomic E-state index is 0.167. The van der Waals surface area contributed by atoms with E-state index in [1.165, 1.54) is 5.56 Å². The number of hydrogen-bond acceptors (Lipinski definition) is 5. The molecule has 2 heterocycles. The van der Waals surface area contributed by atoms with E-state index in [-0.39, 0.29) is 6.04 Å². The molecule has 0 saturated heterocycles. The van der Waals surface area contributed by atoms with E-state index >= 15 is 0 Å². The first-order valence-corrected chi connectivity index (χ1v) is 8.74. The van der Waals surface area contributed by atoms with Crippen LogP contribution in [0.2, 0.25) is 0 Å². The van der Waals surface area contributed by atoms with Gasteiger partial charge in [0.1, 0.15) is 13.2 Å². The van der Waals surface area contributed by atoms with Crippen LogP contribution in [0.4, 0.5) is 0 Å². The first-order chi connectivity index (χ1) is 12.0. The molecule has 0 spiro atoms. The highest BCUT2D eigenvalue weighted by Crippen LogP contribution is 2.33. The Labute approximate surface area is 149 Å². The molecule has 0 amide bonds. The smallest absolute Gasteiger partial charge is 0.216 e. The SMILES string of the molecule is COc1c(CN[C@H](C)c2ccc3c(c2)OCCO3)c(C(C)C)nn1C. The second-order valence-electron chi connectivity index (χ2n) is 6.66. The Morgan fingerprint density at radius 2 is 1.92 bits per heavy atom. The maximum atomic E-state index is 5.68. The molecule has 0 unspecified atom stereocenters. The molecule has 0 aliphatic carbocycles. The predicted octanol–water partition coefficient (Wildman–Crippen LogP) is 3.17. The van der Waals surface area contributed by atoms with Gasteiger partial charge in [-0.3, -0.25) is 0 Å². The molecule has 1 N–H and O–H groups in total. The van der Waals surface area contributed by atoms with Crippen LogP contribution in [0, 0.1) is 0 Å². The summed E-state index contributed by atoms with van der Waals surface area (Å²) in [5, 5.41) is 8.18. The van der Waals surface area contributed by atoms with E-state index < -0.39 is 0 Å². The summed E-state index contributed by atoms with van der Waals surface area (Å²) in [5.74, 6) is 2.79. The average molecular weight is 345 g/mol. The van der Waals surface area contributed by atoms with Gasteiger partial charge in [-0.2, -0.15) is 5.10 Å². The van der Waals surface area contributed by atoms with Gasteiger partial charge in [-0.1, -0.05) is 19.9 Å². The highest BCUT2D eigenvalue weighted by Gasteiger charge is 2.20. The number of benzene rings is 1. The van der Waals surface area contributed by atoms with Crippen molar-refractivity contribution in [1.82, 2.24) is 15.1 Å². The molecular formula is C19H27N3O3. The van der Waals surface area contributed by atoms with Gasteiger partial charge in [0.05, 0.1) is 18.4 Å². The van der Waals surface area contributed by atoms with Crippen molar-refractivity contribution < 1.29 is 14.2 Å². The molecule has 0 fully saturated rings. The molecule has 3 rings (SSSR count). The third kappa shape index (κ3) is 3.58. The summed E-state index contributed by atoms with van der Waals surface area (Å²) in [6, 6.07) is 6.28. The standard InChI is InChI=1S/C19H27N3O3/c1-12(2)18-15(19(23-5)22(4)21-18)11-20-13(3)14-6-7-16-17(10-14)25-9-8-24-16/h6-7,10,12-13,20H,8-9,11H2,1-5H3/t13-/m1/s1. The molecule has 25 heavy (non-hydrogen) atoms. The average Bonchev–Trinajstić information content (AvgIpc) is 2.95. The number of aryl methyl sites for hydroxylation is 1. The van der Waals surface area contributed by atoms with Crippen molar-refractivity contribution in [3.05, 3.63) is 35.0 Å². The van der Waals surface area contributed by atoms with Crippen molar-refractivity contribution >= 4 is 0 Å². The third-order valence-corrected chi connectivity index (χ3v) is 4.51. The summed E-state index contributed by atoms with van der Waals surface area (Å²) in [5.41, 5.74) is 3.35. The Balaban J connectivity index is 1.75. The van der Waals surface area contributed by atoms with Crippen molar-refractivity contribution in [2.24, 2.45) is 7.05 Å². The monoisotopic (exact) mass is 345 g/mol. The number of fused-ring (bicyclic) bond motifs is 1.